The lowest BCUT2D eigenvalue weighted by molar-refractivity contribution is 0.673. The van der Waals surface area contributed by atoms with E-state index in [-0.39, 0.29) is 0 Å². The highest BCUT2D eigenvalue weighted by atomic mass is 32.1. The molecule has 2 N–H and O–H groups in total. The fourth-order valence-electron chi connectivity index (χ4n) is 1.04. The van der Waals surface area contributed by atoms with Gasteiger partial charge < -0.3 is 5.73 Å². The topological polar surface area (TPSA) is 69.6 Å². The van der Waals surface area contributed by atoms with E-state index in [4.69, 9.17) is 5.73 Å². The van der Waals surface area contributed by atoms with Crippen LogP contribution < -0.4 is 5.73 Å². The molecule has 0 saturated heterocycles. The summed E-state index contributed by atoms with van der Waals surface area (Å²) in [6.45, 7) is 2.56. The molecule has 2 rings (SSSR count). The first-order valence-corrected chi connectivity index (χ1v) is 4.65. The Kier molecular flexibility index (Phi) is 1.97. The van der Waals surface area contributed by atoms with Gasteiger partial charge in [0, 0.05) is 17.1 Å². The molecule has 0 saturated carbocycles. The molecule has 13 heavy (non-hydrogen) atoms. The summed E-state index contributed by atoms with van der Waals surface area (Å²) >= 11 is 1.34. The van der Waals surface area contributed by atoms with Gasteiger partial charge in [0.2, 0.25) is 0 Å². The van der Waals surface area contributed by atoms with Crippen molar-refractivity contribution in [3.05, 3.63) is 22.8 Å². The average molecular weight is 195 g/mol. The SMILES string of the molecule is Cc1cn(Cc2csnn2)nc1N. The van der Waals surface area contributed by atoms with Crippen LogP contribution in [0.25, 0.3) is 0 Å². The molecule has 0 unspecified atom stereocenters. The number of anilines is 1. The first kappa shape index (κ1) is 8.18. The van der Waals surface area contributed by atoms with Crippen molar-refractivity contribution >= 4 is 17.4 Å². The second-order valence-electron chi connectivity index (χ2n) is 2.79. The Balaban J connectivity index is 2.19. The van der Waals surface area contributed by atoms with E-state index in [9.17, 15) is 0 Å². The summed E-state index contributed by atoms with van der Waals surface area (Å²) in [5.41, 5.74) is 7.50. The molecule has 2 aromatic heterocycles. The van der Waals surface area contributed by atoms with Gasteiger partial charge in [0.1, 0.15) is 5.82 Å². The fourth-order valence-corrected chi connectivity index (χ4v) is 1.48. The number of nitrogen functional groups attached to an aromatic ring is 1. The van der Waals surface area contributed by atoms with Crippen molar-refractivity contribution in [3.63, 3.8) is 0 Å². The van der Waals surface area contributed by atoms with E-state index < -0.39 is 0 Å². The van der Waals surface area contributed by atoms with Crippen molar-refractivity contribution in [1.29, 1.82) is 0 Å². The van der Waals surface area contributed by atoms with Gasteiger partial charge in [0.15, 0.2) is 0 Å². The molecule has 0 amide bonds. The molecule has 2 heterocycles. The van der Waals surface area contributed by atoms with Gasteiger partial charge in [-0.2, -0.15) is 5.10 Å². The smallest absolute Gasteiger partial charge is 0.148 e. The van der Waals surface area contributed by atoms with E-state index in [1.165, 1.54) is 11.5 Å². The standard InChI is InChI=1S/C7H9N5S/c1-5-2-12(10-7(5)8)3-6-4-13-11-9-6/h2,4H,3H2,1H3,(H2,8,10). The van der Waals surface area contributed by atoms with Crippen LogP contribution in [0.15, 0.2) is 11.6 Å². The lowest BCUT2D eigenvalue weighted by atomic mass is 10.4. The van der Waals surface area contributed by atoms with Crippen molar-refractivity contribution in [2.75, 3.05) is 5.73 Å². The maximum atomic E-state index is 5.60. The Morgan fingerprint density at radius 3 is 3.00 bits per heavy atom. The summed E-state index contributed by atoms with van der Waals surface area (Å²) in [6.07, 6.45) is 1.90. The molecule has 0 fully saturated rings. The maximum absolute atomic E-state index is 5.60. The third-order valence-electron chi connectivity index (χ3n) is 1.71. The van der Waals surface area contributed by atoms with Crippen LogP contribution in [0.4, 0.5) is 5.82 Å². The highest BCUT2D eigenvalue weighted by molar-refractivity contribution is 7.03. The van der Waals surface area contributed by atoms with Gasteiger partial charge in [-0.25, -0.2) is 0 Å². The molecule has 2 aromatic rings. The zero-order valence-corrected chi connectivity index (χ0v) is 7.95. The Bertz CT molecular complexity index is 371. The van der Waals surface area contributed by atoms with E-state index in [1.807, 2.05) is 18.5 Å². The van der Waals surface area contributed by atoms with Crippen LogP contribution >= 0.6 is 11.5 Å². The van der Waals surface area contributed by atoms with Crippen molar-refractivity contribution in [1.82, 2.24) is 19.4 Å². The van der Waals surface area contributed by atoms with Crippen molar-refractivity contribution in [3.8, 4) is 0 Å². The molecule has 5 nitrogen and oxygen atoms in total. The average Bonchev–Trinajstić information content (AvgIpc) is 2.64. The molecular weight excluding hydrogens is 186 g/mol. The molecule has 0 aliphatic carbocycles. The molecule has 68 valence electrons. The summed E-state index contributed by atoms with van der Waals surface area (Å²) in [5, 5.41) is 9.93. The van der Waals surface area contributed by atoms with Gasteiger partial charge in [-0.3, -0.25) is 4.68 Å². The van der Waals surface area contributed by atoms with E-state index in [0.29, 0.717) is 12.4 Å². The predicted molar refractivity (Wildman–Crippen MR) is 50.4 cm³/mol. The zero-order chi connectivity index (χ0) is 9.26. The van der Waals surface area contributed by atoms with E-state index in [0.717, 1.165) is 11.3 Å². The monoisotopic (exact) mass is 195 g/mol. The Hall–Kier alpha value is -1.43. The van der Waals surface area contributed by atoms with Crippen LogP contribution in [0.5, 0.6) is 0 Å². The van der Waals surface area contributed by atoms with E-state index in [1.54, 1.807) is 4.68 Å². The van der Waals surface area contributed by atoms with Crippen LogP contribution in [0.2, 0.25) is 0 Å². The number of aryl methyl sites for hydroxylation is 1. The molecule has 0 aromatic carbocycles. The minimum absolute atomic E-state index is 0.572. The third kappa shape index (κ3) is 1.67. The van der Waals surface area contributed by atoms with Crippen LogP contribution in [-0.2, 0) is 6.54 Å². The van der Waals surface area contributed by atoms with Gasteiger partial charge in [-0.1, -0.05) is 4.49 Å². The number of hydrogen-bond acceptors (Lipinski definition) is 5. The van der Waals surface area contributed by atoms with Crippen LogP contribution in [-0.4, -0.2) is 19.4 Å². The van der Waals surface area contributed by atoms with Crippen molar-refractivity contribution < 1.29 is 0 Å². The Morgan fingerprint density at radius 1 is 1.62 bits per heavy atom. The number of nitrogens with two attached hydrogens (primary N) is 1. The van der Waals surface area contributed by atoms with Gasteiger partial charge in [0.25, 0.3) is 0 Å². The maximum Gasteiger partial charge on any atom is 0.148 e. The number of rotatable bonds is 2. The first-order valence-electron chi connectivity index (χ1n) is 3.81. The van der Waals surface area contributed by atoms with E-state index in [2.05, 4.69) is 14.7 Å². The minimum atomic E-state index is 0.572. The van der Waals surface area contributed by atoms with Crippen molar-refractivity contribution in [2.24, 2.45) is 0 Å². The molecule has 0 radical (unpaired) electrons. The van der Waals surface area contributed by atoms with Crippen molar-refractivity contribution in [2.45, 2.75) is 13.5 Å². The van der Waals surface area contributed by atoms with Gasteiger partial charge in [-0.05, 0) is 18.5 Å². The second kappa shape index (κ2) is 3.14. The molecule has 0 atom stereocenters. The van der Waals surface area contributed by atoms with Crippen LogP contribution in [0, 0.1) is 6.92 Å². The summed E-state index contributed by atoms with van der Waals surface area (Å²) in [6, 6.07) is 0. The number of hydrogen-bond donors (Lipinski definition) is 1. The molecule has 0 spiro atoms. The first-order chi connectivity index (χ1) is 6.25. The van der Waals surface area contributed by atoms with Gasteiger partial charge >= 0.3 is 0 Å². The zero-order valence-electron chi connectivity index (χ0n) is 7.14. The number of nitrogens with zero attached hydrogens (tertiary/aromatic N) is 4. The summed E-state index contributed by atoms with van der Waals surface area (Å²) in [4.78, 5) is 0. The van der Waals surface area contributed by atoms with E-state index >= 15 is 0 Å². The lowest BCUT2D eigenvalue weighted by Crippen LogP contribution is -2.01. The highest BCUT2D eigenvalue weighted by Crippen LogP contribution is 2.08. The van der Waals surface area contributed by atoms with Gasteiger partial charge in [0.05, 0.1) is 12.2 Å². The third-order valence-corrected chi connectivity index (χ3v) is 2.27. The molecule has 6 heteroatoms. The summed E-state index contributed by atoms with van der Waals surface area (Å²) in [7, 11) is 0. The normalized spacial score (nSPS) is 10.5. The van der Waals surface area contributed by atoms with Crippen LogP contribution in [0.1, 0.15) is 11.3 Å². The quantitative estimate of drug-likeness (QED) is 0.764. The molecule has 0 bridgehead atoms. The Morgan fingerprint density at radius 2 is 2.46 bits per heavy atom. The minimum Gasteiger partial charge on any atom is -0.382 e. The Labute approximate surface area is 79.4 Å². The molecule has 0 aliphatic heterocycles. The second-order valence-corrected chi connectivity index (χ2v) is 3.40. The van der Waals surface area contributed by atoms with Crippen LogP contribution in [0.3, 0.4) is 0 Å². The molecule has 0 aliphatic rings. The highest BCUT2D eigenvalue weighted by Gasteiger charge is 2.02. The summed E-state index contributed by atoms with van der Waals surface area (Å²) < 4.78 is 5.53. The number of aromatic nitrogens is 4. The summed E-state index contributed by atoms with van der Waals surface area (Å²) in [5.74, 6) is 0.572. The lowest BCUT2D eigenvalue weighted by Gasteiger charge is -1.94. The molecular formula is C7H9N5S. The largest absolute Gasteiger partial charge is 0.382 e. The van der Waals surface area contributed by atoms with Gasteiger partial charge in [-0.15, -0.1) is 5.10 Å². The fraction of sp³-hybridized carbons (Fsp3) is 0.286. The predicted octanol–water partition coefficient (Wildman–Crippen LogP) is 0.674.